The third kappa shape index (κ3) is 3.52. The summed E-state index contributed by atoms with van der Waals surface area (Å²) in [7, 11) is 1.44. The molecule has 1 saturated heterocycles. The molecule has 160 valence electrons. The molecule has 9 heteroatoms. The smallest absolute Gasteiger partial charge is 0.264 e. The van der Waals surface area contributed by atoms with Crippen LogP contribution in [0, 0.1) is 5.82 Å². The fraction of sp³-hybridized carbons (Fsp3) is 0.273. The second kappa shape index (κ2) is 7.82. The number of benzene rings is 2. The van der Waals surface area contributed by atoms with Gasteiger partial charge in [-0.1, -0.05) is 12.1 Å². The van der Waals surface area contributed by atoms with Gasteiger partial charge in [0.05, 0.1) is 24.3 Å². The number of imide groups is 2. The average Bonchev–Trinajstić information content (AvgIpc) is 2.99. The lowest BCUT2D eigenvalue weighted by Crippen LogP contribution is -2.54. The number of hydrogen-bond donors (Lipinski definition) is 2. The minimum absolute atomic E-state index is 0.0443. The van der Waals surface area contributed by atoms with Crippen molar-refractivity contribution >= 4 is 29.3 Å². The molecule has 2 aliphatic heterocycles. The van der Waals surface area contributed by atoms with Gasteiger partial charge in [0, 0.05) is 23.7 Å². The van der Waals surface area contributed by atoms with E-state index in [0.717, 1.165) is 4.90 Å². The molecule has 0 saturated carbocycles. The van der Waals surface area contributed by atoms with Crippen LogP contribution in [0.25, 0.3) is 0 Å². The molecule has 2 atom stereocenters. The summed E-state index contributed by atoms with van der Waals surface area (Å²) in [6, 6.07) is 7.64. The van der Waals surface area contributed by atoms with Crippen molar-refractivity contribution in [1.29, 1.82) is 0 Å². The third-order valence-electron chi connectivity index (χ3n) is 5.51. The molecule has 2 aliphatic rings. The van der Waals surface area contributed by atoms with Gasteiger partial charge in [0.2, 0.25) is 11.8 Å². The van der Waals surface area contributed by atoms with Crippen molar-refractivity contribution < 1.29 is 28.3 Å². The molecule has 1 fully saturated rings. The van der Waals surface area contributed by atoms with E-state index in [1.54, 1.807) is 31.2 Å². The molecule has 0 aliphatic carbocycles. The maximum atomic E-state index is 14.5. The highest BCUT2D eigenvalue weighted by Crippen LogP contribution is 2.34. The average molecular weight is 425 g/mol. The number of hydrogen-bond acceptors (Lipinski definition) is 6. The summed E-state index contributed by atoms with van der Waals surface area (Å²) < 4.78 is 19.5. The van der Waals surface area contributed by atoms with E-state index in [0.29, 0.717) is 17.0 Å². The quantitative estimate of drug-likeness (QED) is 0.713. The molecule has 0 aromatic heterocycles. The number of carbonyl (C=O) groups excluding carboxylic acids is 4. The number of carbonyl (C=O) groups is 4. The van der Waals surface area contributed by atoms with Crippen LogP contribution in [0.1, 0.15) is 52.1 Å². The Bertz CT molecular complexity index is 1120. The molecule has 1 unspecified atom stereocenters. The number of nitrogens with zero attached hydrogens (tertiary/aromatic N) is 1. The second-order valence-corrected chi connectivity index (χ2v) is 7.43. The van der Waals surface area contributed by atoms with Crippen molar-refractivity contribution in [3.8, 4) is 5.75 Å². The summed E-state index contributed by atoms with van der Waals surface area (Å²) in [6.45, 7) is 1.73. The van der Waals surface area contributed by atoms with Crippen LogP contribution in [0.3, 0.4) is 0 Å². The topological polar surface area (TPSA) is 105 Å². The van der Waals surface area contributed by atoms with Crippen molar-refractivity contribution in [1.82, 2.24) is 10.2 Å². The fourth-order valence-electron chi connectivity index (χ4n) is 3.93. The predicted octanol–water partition coefficient (Wildman–Crippen LogP) is 2.41. The highest BCUT2D eigenvalue weighted by atomic mass is 19.1. The highest BCUT2D eigenvalue weighted by molar-refractivity contribution is 6.25. The van der Waals surface area contributed by atoms with E-state index in [2.05, 4.69) is 10.6 Å². The summed E-state index contributed by atoms with van der Waals surface area (Å²) in [4.78, 5) is 50.6. The number of nitrogens with one attached hydrogen (secondary N) is 2. The first-order chi connectivity index (χ1) is 14.8. The number of rotatable bonds is 5. The molecule has 31 heavy (non-hydrogen) atoms. The van der Waals surface area contributed by atoms with Crippen molar-refractivity contribution in [2.75, 3.05) is 12.4 Å². The number of fused-ring (bicyclic) bond motifs is 1. The number of ether oxygens (including phenoxy) is 1. The molecule has 8 nitrogen and oxygen atoms in total. The molecular formula is C22H20FN3O5. The third-order valence-corrected chi connectivity index (χ3v) is 5.51. The summed E-state index contributed by atoms with van der Waals surface area (Å²) in [5.41, 5.74) is 0.991. The van der Waals surface area contributed by atoms with E-state index in [1.807, 2.05) is 0 Å². The van der Waals surface area contributed by atoms with Gasteiger partial charge in [-0.3, -0.25) is 29.4 Å². The van der Waals surface area contributed by atoms with Gasteiger partial charge in [0.25, 0.3) is 11.8 Å². The van der Waals surface area contributed by atoms with E-state index >= 15 is 0 Å². The molecule has 0 radical (unpaired) electrons. The summed E-state index contributed by atoms with van der Waals surface area (Å²) in [5.74, 6) is -2.42. The second-order valence-electron chi connectivity index (χ2n) is 7.43. The van der Waals surface area contributed by atoms with Crippen LogP contribution >= 0.6 is 0 Å². The fourth-order valence-corrected chi connectivity index (χ4v) is 3.93. The molecule has 2 aromatic carbocycles. The molecule has 0 spiro atoms. The van der Waals surface area contributed by atoms with Crippen LogP contribution in [-0.4, -0.2) is 41.7 Å². The Kier molecular flexibility index (Phi) is 5.18. The molecule has 4 rings (SSSR count). The maximum absolute atomic E-state index is 14.5. The largest absolute Gasteiger partial charge is 0.497 e. The van der Waals surface area contributed by atoms with Gasteiger partial charge in [0.15, 0.2) is 0 Å². The van der Waals surface area contributed by atoms with Crippen LogP contribution in [0.4, 0.5) is 10.1 Å². The lowest BCUT2D eigenvalue weighted by molar-refractivity contribution is -0.136. The van der Waals surface area contributed by atoms with Crippen LogP contribution in [0.15, 0.2) is 36.4 Å². The zero-order valence-electron chi connectivity index (χ0n) is 16.9. The van der Waals surface area contributed by atoms with Gasteiger partial charge in [-0.2, -0.15) is 0 Å². The predicted molar refractivity (Wildman–Crippen MR) is 108 cm³/mol. The molecular weight excluding hydrogens is 405 g/mol. The van der Waals surface area contributed by atoms with Crippen molar-refractivity contribution in [2.24, 2.45) is 0 Å². The lowest BCUT2D eigenvalue weighted by Gasteiger charge is -2.28. The summed E-state index contributed by atoms with van der Waals surface area (Å²) >= 11 is 0. The van der Waals surface area contributed by atoms with E-state index in [-0.39, 0.29) is 24.0 Å². The van der Waals surface area contributed by atoms with E-state index in [1.165, 1.54) is 19.2 Å². The Hall–Kier alpha value is -3.75. The van der Waals surface area contributed by atoms with Crippen molar-refractivity contribution in [2.45, 2.75) is 31.8 Å². The number of piperidine rings is 1. The van der Waals surface area contributed by atoms with E-state index in [4.69, 9.17) is 4.74 Å². The highest BCUT2D eigenvalue weighted by Gasteiger charge is 2.45. The molecule has 2 N–H and O–H groups in total. The first-order valence-electron chi connectivity index (χ1n) is 9.76. The molecule has 0 bridgehead atoms. The van der Waals surface area contributed by atoms with Crippen molar-refractivity contribution in [3.63, 3.8) is 0 Å². The van der Waals surface area contributed by atoms with Gasteiger partial charge in [0.1, 0.15) is 17.6 Å². The van der Waals surface area contributed by atoms with Crippen LogP contribution in [-0.2, 0) is 9.59 Å². The normalized spacial score (nSPS) is 19.2. The van der Waals surface area contributed by atoms with Crippen LogP contribution in [0.2, 0.25) is 0 Å². The first kappa shape index (κ1) is 20.5. The monoisotopic (exact) mass is 425 g/mol. The van der Waals surface area contributed by atoms with E-state index < -0.39 is 41.5 Å². The number of methoxy groups -OCH3 is 1. The number of anilines is 1. The van der Waals surface area contributed by atoms with Crippen LogP contribution < -0.4 is 15.4 Å². The minimum Gasteiger partial charge on any atom is -0.497 e. The van der Waals surface area contributed by atoms with Crippen LogP contribution in [0.5, 0.6) is 5.75 Å². The first-order valence-corrected chi connectivity index (χ1v) is 9.76. The standard InChI is InChI=1S/C22H20FN3O5/c1-11(13-7-6-12(31-2)10-15(13)23)24-16-5-3-4-14-19(16)22(30)26(21(14)29)17-8-9-18(27)25-20(17)28/h3-7,10-11,17,24H,8-9H2,1-2H3,(H,25,27,28)/t11-,17?/m0/s1. The van der Waals surface area contributed by atoms with Gasteiger partial charge >= 0.3 is 0 Å². The minimum atomic E-state index is -1.05. The Balaban J connectivity index is 1.63. The summed E-state index contributed by atoms with van der Waals surface area (Å²) in [6.07, 6.45) is 0.120. The molecule has 4 amide bonds. The van der Waals surface area contributed by atoms with Gasteiger partial charge in [-0.15, -0.1) is 0 Å². The number of amides is 4. The maximum Gasteiger partial charge on any atom is 0.264 e. The van der Waals surface area contributed by atoms with Gasteiger partial charge < -0.3 is 10.1 Å². The number of halogens is 1. The van der Waals surface area contributed by atoms with Crippen molar-refractivity contribution in [3.05, 3.63) is 58.9 Å². The SMILES string of the molecule is COc1ccc([C@H](C)Nc2cccc3c2C(=O)N(C2CCC(=O)NC2=O)C3=O)c(F)c1. The van der Waals surface area contributed by atoms with E-state index in [9.17, 15) is 23.6 Å². The Morgan fingerprint density at radius 2 is 1.94 bits per heavy atom. The molecule has 2 aromatic rings. The van der Waals surface area contributed by atoms with Gasteiger partial charge in [-0.05, 0) is 31.5 Å². The Morgan fingerprint density at radius 1 is 1.16 bits per heavy atom. The van der Waals surface area contributed by atoms with Gasteiger partial charge in [-0.25, -0.2) is 4.39 Å². The molecule has 2 heterocycles. The zero-order chi connectivity index (χ0) is 22.3. The lowest BCUT2D eigenvalue weighted by atomic mass is 10.0. The Morgan fingerprint density at radius 3 is 2.61 bits per heavy atom. The Labute approximate surface area is 177 Å². The summed E-state index contributed by atoms with van der Waals surface area (Å²) in [5, 5.41) is 5.26. The zero-order valence-corrected chi connectivity index (χ0v) is 16.9.